The summed E-state index contributed by atoms with van der Waals surface area (Å²) >= 11 is 0. The molecule has 2 N–H and O–H groups in total. The second kappa shape index (κ2) is 5.95. The highest BCUT2D eigenvalue weighted by Crippen LogP contribution is 2.31. The SMILES string of the molecule is COC(=O)c1cccc(N)c1N1CCCC(C)CC1. The van der Waals surface area contributed by atoms with Gasteiger partial charge in [0, 0.05) is 13.1 Å². The minimum absolute atomic E-state index is 0.320. The molecule has 104 valence electrons. The molecule has 2 rings (SSSR count). The van der Waals surface area contributed by atoms with Gasteiger partial charge in [-0.3, -0.25) is 0 Å². The molecule has 1 saturated heterocycles. The van der Waals surface area contributed by atoms with Crippen LogP contribution in [-0.2, 0) is 4.74 Å². The number of hydrogen-bond acceptors (Lipinski definition) is 4. The number of para-hydroxylation sites is 1. The summed E-state index contributed by atoms with van der Waals surface area (Å²) in [5.74, 6) is 0.413. The van der Waals surface area contributed by atoms with Crippen molar-refractivity contribution >= 4 is 17.3 Å². The Morgan fingerprint density at radius 1 is 1.37 bits per heavy atom. The molecule has 4 nitrogen and oxygen atoms in total. The Labute approximate surface area is 114 Å². The fourth-order valence-corrected chi connectivity index (χ4v) is 2.68. The van der Waals surface area contributed by atoms with E-state index >= 15 is 0 Å². The van der Waals surface area contributed by atoms with Crippen LogP contribution in [0.15, 0.2) is 18.2 Å². The summed E-state index contributed by atoms with van der Waals surface area (Å²) in [7, 11) is 1.40. The number of benzene rings is 1. The number of carbonyl (C=O) groups excluding carboxylic acids is 1. The number of hydrogen-bond donors (Lipinski definition) is 1. The molecule has 1 unspecified atom stereocenters. The van der Waals surface area contributed by atoms with E-state index in [1.807, 2.05) is 6.07 Å². The Balaban J connectivity index is 2.34. The third-order valence-electron chi connectivity index (χ3n) is 3.81. The van der Waals surface area contributed by atoms with Gasteiger partial charge >= 0.3 is 5.97 Å². The van der Waals surface area contributed by atoms with E-state index in [0.29, 0.717) is 11.3 Å². The van der Waals surface area contributed by atoms with E-state index in [1.165, 1.54) is 13.5 Å². The van der Waals surface area contributed by atoms with Gasteiger partial charge in [-0.05, 0) is 37.3 Å². The van der Waals surface area contributed by atoms with Crippen LogP contribution < -0.4 is 10.6 Å². The molecule has 19 heavy (non-hydrogen) atoms. The summed E-state index contributed by atoms with van der Waals surface area (Å²) in [6.45, 7) is 4.17. The first kappa shape index (κ1) is 13.7. The van der Waals surface area contributed by atoms with Crippen molar-refractivity contribution in [3.63, 3.8) is 0 Å². The molecule has 1 aliphatic heterocycles. The average Bonchev–Trinajstić information content (AvgIpc) is 2.62. The topological polar surface area (TPSA) is 55.6 Å². The summed E-state index contributed by atoms with van der Waals surface area (Å²) in [5.41, 5.74) is 8.13. The number of rotatable bonds is 2. The molecule has 1 aromatic carbocycles. The number of nitrogens with two attached hydrogens (primary N) is 1. The number of ether oxygens (including phenoxy) is 1. The van der Waals surface area contributed by atoms with Crippen LogP contribution in [0.1, 0.15) is 36.5 Å². The Morgan fingerprint density at radius 2 is 2.16 bits per heavy atom. The van der Waals surface area contributed by atoms with Gasteiger partial charge in [0.1, 0.15) is 0 Å². The summed E-state index contributed by atoms with van der Waals surface area (Å²) in [5, 5.41) is 0. The molecule has 0 saturated carbocycles. The van der Waals surface area contributed by atoms with E-state index < -0.39 is 0 Å². The van der Waals surface area contributed by atoms with Crippen molar-refractivity contribution in [1.29, 1.82) is 0 Å². The molecule has 1 heterocycles. The van der Waals surface area contributed by atoms with Gasteiger partial charge < -0.3 is 15.4 Å². The van der Waals surface area contributed by atoms with Crippen molar-refractivity contribution in [2.24, 2.45) is 5.92 Å². The maximum atomic E-state index is 11.9. The number of carbonyl (C=O) groups is 1. The third-order valence-corrected chi connectivity index (χ3v) is 3.81. The first-order valence-electron chi connectivity index (χ1n) is 6.85. The number of nitrogen functional groups attached to an aromatic ring is 1. The molecular weight excluding hydrogens is 240 g/mol. The zero-order valence-electron chi connectivity index (χ0n) is 11.7. The average molecular weight is 262 g/mol. The van der Waals surface area contributed by atoms with Crippen molar-refractivity contribution in [2.45, 2.75) is 26.2 Å². The van der Waals surface area contributed by atoms with E-state index in [0.717, 1.165) is 37.5 Å². The quantitative estimate of drug-likeness (QED) is 0.657. The predicted molar refractivity (Wildman–Crippen MR) is 77.4 cm³/mol. The van der Waals surface area contributed by atoms with Crippen LogP contribution in [0.4, 0.5) is 11.4 Å². The monoisotopic (exact) mass is 262 g/mol. The Morgan fingerprint density at radius 3 is 2.89 bits per heavy atom. The molecule has 0 bridgehead atoms. The third kappa shape index (κ3) is 3.00. The highest BCUT2D eigenvalue weighted by molar-refractivity contribution is 5.99. The van der Waals surface area contributed by atoms with Crippen LogP contribution in [0, 0.1) is 5.92 Å². The van der Waals surface area contributed by atoms with E-state index in [-0.39, 0.29) is 5.97 Å². The minimum atomic E-state index is -0.320. The maximum absolute atomic E-state index is 11.9. The summed E-state index contributed by atoms with van der Waals surface area (Å²) in [4.78, 5) is 14.1. The molecule has 4 heteroatoms. The van der Waals surface area contributed by atoms with Gasteiger partial charge in [-0.1, -0.05) is 13.0 Å². The number of esters is 1. The first-order chi connectivity index (χ1) is 9.13. The fraction of sp³-hybridized carbons (Fsp3) is 0.533. The number of methoxy groups -OCH3 is 1. The van der Waals surface area contributed by atoms with Crippen LogP contribution in [0.25, 0.3) is 0 Å². The lowest BCUT2D eigenvalue weighted by Gasteiger charge is -2.26. The van der Waals surface area contributed by atoms with E-state index in [2.05, 4.69) is 11.8 Å². The van der Waals surface area contributed by atoms with Gasteiger partial charge in [0.05, 0.1) is 24.0 Å². The number of nitrogens with zero attached hydrogens (tertiary/aromatic N) is 1. The summed E-state index contributed by atoms with van der Waals surface area (Å²) < 4.78 is 4.85. The van der Waals surface area contributed by atoms with Crippen molar-refractivity contribution in [3.05, 3.63) is 23.8 Å². The predicted octanol–water partition coefficient (Wildman–Crippen LogP) is 2.68. The molecule has 1 aromatic rings. The molecule has 0 radical (unpaired) electrons. The van der Waals surface area contributed by atoms with Crippen LogP contribution in [0.5, 0.6) is 0 Å². The van der Waals surface area contributed by atoms with Crippen LogP contribution in [0.2, 0.25) is 0 Å². The second-order valence-corrected chi connectivity index (χ2v) is 5.26. The molecule has 0 aliphatic carbocycles. The smallest absolute Gasteiger partial charge is 0.340 e. The minimum Gasteiger partial charge on any atom is -0.465 e. The van der Waals surface area contributed by atoms with Gasteiger partial charge in [-0.15, -0.1) is 0 Å². The van der Waals surface area contributed by atoms with Crippen molar-refractivity contribution < 1.29 is 9.53 Å². The van der Waals surface area contributed by atoms with Gasteiger partial charge in [-0.2, -0.15) is 0 Å². The largest absolute Gasteiger partial charge is 0.465 e. The van der Waals surface area contributed by atoms with E-state index in [1.54, 1.807) is 12.1 Å². The van der Waals surface area contributed by atoms with E-state index in [9.17, 15) is 4.79 Å². The molecular formula is C15H22N2O2. The molecule has 0 aromatic heterocycles. The number of anilines is 2. The van der Waals surface area contributed by atoms with Crippen molar-refractivity contribution in [1.82, 2.24) is 0 Å². The highest BCUT2D eigenvalue weighted by atomic mass is 16.5. The zero-order chi connectivity index (χ0) is 13.8. The van der Waals surface area contributed by atoms with Gasteiger partial charge in [0.15, 0.2) is 0 Å². The van der Waals surface area contributed by atoms with Gasteiger partial charge in [-0.25, -0.2) is 4.79 Å². The lowest BCUT2D eigenvalue weighted by molar-refractivity contribution is 0.0601. The standard InChI is InChI=1S/C15H22N2O2/c1-11-5-4-9-17(10-8-11)14-12(15(18)19-2)6-3-7-13(14)16/h3,6-7,11H,4-5,8-10,16H2,1-2H3. The molecule has 1 fully saturated rings. The van der Waals surface area contributed by atoms with Crippen molar-refractivity contribution in [2.75, 3.05) is 30.8 Å². The van der Waals surface area contributed by atoms with Crippen molar-refractivity contribution in [3.8, 4) is 0 Å². The maximum Gasteiger partial charge on any atom is 0.340 e. The summed E-state index contributed by atoms with van der Waals surface area (Å²) in [6, 6.07) is 5.42. The summed E-state index contributed by atoms with van der Waals surface area (Å²) in [6.07, 6.45) is 3.50. The lowest BCUT2D eigenvalue weighted by atomic mass is 10.0. The van der Waals surface area contributed by atoms with Gasteiger partial charge in [0.2, 0.25) is 0 Å². The zero-order valence-corrected chi connectivity index (χ0v) is 11.7. The Kier molecular flexibility index (Phi) is 4.30. The second-order valence-electron chi connectivity index (χ2n) is 5.26. The first-order valence-corrected chi connectivity index (χ1v) is 6.85. The molecule has 0 spiro atoms. The fourth-order valence-electron chi connectivity index (χ4n) is 2.68. The van der Waals surface area contributed by atoms with Crippen LogP contribution in [0.3, 0.4) is 0 Å². The normalized spacial score (nSPS) is 19.9. The van der Waals surface area contributed by atoms with Crippen LogP contribution in [-0.4, -0.2) is 26.2 Å². The van der Waals surface area contributed by atoms with E-state index in [4.69, 9.17) is 10.5 Å². The highest BCUT2D eigenvalue weighted by Gasteiger charge is 2.22. The Hall–Kier alpha value is -1.71. The van der Waals surface area contributed by atoms with Crippen LogP contribution >= 0.6 is 0 Å². The molecule has 0 amide bonds. The molecule has 1 aliphatic rings. The lowest BCUT2D eigenvalue weighted by Crippen LogP contribution is -2.27. The van der Waals surface area contributed by atoms with Gasteiger partial charge in [0.25, 0.3) is 0 Å². The molecule has 1 atom stereocenters. The Bertz CT molecular complexity index is 459.